The van der Waals surface area contributed by atoms with Crippen LogP contribution in [-0.4, -0.2) is 53.1 Å². The Labute approximate surface area is 200 Å². The van der Waals surface area contributed by atoms with Gasteiger partial charge in [0.15, 0.2) is 5.54 Å². The van der Waals surface area contributed by atoms with Crippen LogP contribution in [0.4, 0.5) is 4.79 Å². The van der Waals surface area contributed by atoms with E-state index < -0.39 is 41.1 Å². The number of unbranched alkanes of at least 4 members (excludes halogenated alkanes) is 1. The van der Waals surface area contributed by atoms with E-state index in [4.69, 9.17) is 9.47 Å². The molecule has 186 valence electrons. The van der Waals surface area contributed by atoms with Gasteiger partial charge in [-0.1, -0.05) is 55.2 Å². The Morgan fingerprint density at radius 1 is 1.29 bits per heavy atom. The lowest BCUT2D eigenvalue weighted by molar-refractivity contribution is -0.152. The third-order valence-electron chi connectivity index (χ3n) is 5.66. The number of benzene rings is 1. The van der Waals surface area contributed by atoms with Gasteiger partial charge in [-0.25, -0.2) is 4.79 Å². The Balaban J connectivity index is 2.20. The number of esters is 1. The van der Waals surface area contributed by atoms with E-state index in [0.29, 0.717) is 6.42 Å². The average molecular weight is 474 g/mol. The zero-order valence-corrected chi connectivity index (χ0v) is 20.6. The molecule has 1 aliphatic rings. The second kappa shape index (κ2) is 11.7. The predicted molar refractivity (Wildman–Crippen MR) is 127 cm³/mol. The minimum absolute atomic E-state index is 0.0351. The normalized spacial score (nSPS) is 20.7. The highest BCUT2D eigenvalue weighted by Crippen LogP contribution is 2.37. The SMILES string of the molecule is CCCC[C@H]1CN(C(=O)[C@H](C)NC(=O)OC(C)(C)C)C[C@@]1(N=[N+]=[N-])C(=O)OCc1ccccc1. The van der Waals surface area contributed by atoms with Gasteiger partial charge in [0.1, 0.15) is 18.2 Å². The van der Waals surface area contributed by atoms with E-state index in [-0.39, 0.29) is 19.7 Å². The van der Waals surface area contributed by atoms with Crippen LogP contribution in [0.1, 0.15) is 59.4 Å². The number of amides is 2. The predicted octanol–water partition coefficient (Wildman–Crippen LogP) is 4.34. The van der Waals surface area contributed by atoms with E-state index in [1.165, 1.54) is 4.90 Å². The van der Waals surface area contributed by atoms with Crippen molar-refractivity contribution in [3.05, 3.63) is 46.3 Å². The lowest BCUT2D eigenvalue weighted by atomic mass is 9.84. The maximum absolute atomic E-state index is 13.3. The molecule has 10 heteroatoms. The molecule has 1 saturated heterocycles. The van der Waals surface area contributed by atoms with Gasteiger partial charge in [0.05, 0.1) is 0 Å². The number of carbonyl (C=O) groups excluding carboxylic acids is 3. The largest absolute Gasteiger partial charge is 0.460 e. The molecular formula is C24H35N5O5. The molecule has 0 aromatic heterocycles. The van der Waals surface area contributed by atoms with Gasteiger partial charge in [0.25, 0.3) is 0 Å². The molecule has 3 atom stereocenters. The molecule has 1 aromatic carbocycles. The third kappa shape index (κ3) is 7.12. The summed E-state index contributed by atoms with van der Waals surface area (Å²) in [6, 6.07) is 8.31. The second-order valence-corrected chi connectivity index (χ2v) is 9.60. The zero-order valence-electron chi connectivity index (χ0n) is 20.6. The summed E-state index contributed by atoms with van der Waals surface area (Å²) in [6.45, 7) is 8.90. The monoisotopic (exact) mass is 473 g/mol. The second-order valence-electron chi connectivity index (χ2n) is 9.60. The number of alkyl carbamates (subject to hydrolysis) is 1. The first-order valence-corrected chi connectivity index (χ1v) is 11.6. The number of hydrogen-bond acceptors (Lipinski definition) is 6. The van der Waals surface area contributed by atoms with Gasteiger partial charge in [-0.05, 0) is 45.2 Å². The summed E-state index contributed by atoms with van der Waals surface area (Å²) in [7, 11) is 0. The van der Waals surface area contributed by atoms with Crippen molar-refractivity contribution in [2.24, 2.45) is 11.0 Å². The number of nitrogens with one attached hydrogen (secondary N) is 1. The number of nitrogens with zero attached hydrogens (tertiary/aromatic N) is 4. The Hall–Kier alpha value is -3.26. The summed E-state index contributed by atoms with van der Waals surface area (Å²) < 4.78 is 10.8. The molecule has 0 bridgehead atoms. The number of rotatable bonds is 9. The maximum Gasteiger partial charge on any atom is 0.408 e. The summed E-state index contributed by atoms with van der Waals surface area (Å²) in [5.74, 6) is -1.44. The zero-order chi connectivity index (χ0) is 25.4. The smallest absolute Gasteiger partial charge is 0.408 e. The summed E-state index contributed by atoms with van der Waals surface area (Å²) >= 11 is 0. The van der Waals surface area contributed by atoms with Gasteiger partial charge in [-0.3, -0.25) is 9.59 Å². The first-order chi connectivity index (χ1) is 16.0. The molecule has 2 amide bonds. The number of hydrogen-bond donors (Lipinski definition) is 1. The molecule has 2 rings (SSSR count). The molecule has 0 radical (unpaired) electrons. The van der Waals surface area contributed by atoms with Crippen LogP contribution in [-0.2, 0) is 25.7 Å². The van der Waals surface area contributed by atoms with Crippen LogP contribution in [0.15, 0.2) is 35.4 Å². The van der Waals surface area contributed by atoms with Gasteiger partial charge in [-0.2, -0.15) is 0 Å². The van der Waals surface area contributed by atoms with E-state index in [9.17, 15) is 19.9 Å². The first-order valence-electron chi connectivity index (χ1n) is 11.6. The Bertz CT molecular complexity index is 910. The van der Waals surface area contributed by atoms with Gasteiger partial charge in [0.2, 0.25) is 5.91 Å². The van der Waals surface area contributed by atoms with Crippen molar-refractivity contribution in [1.82, 2.24) is 10.2 Å². The van der Waals surface area contributed by atoms with Crippen molar-refractivity contribution in [2.45, 2.75) is 77.7 Å². The third-order valence-corrected chi connectivity index (χ3v) is 5.66. The lowest BCUT2D eigenvalue weighted by Crippen LogP contribution is -2.49. The highest BCUT2D eigenvalue weighted by Gasteiger charge is 2.54. The highest BCUT2D eigenvalue weighted by atomic mass is 16.6. The van der Waals surface area contributed by atoms with E-state index in [1.807, 2.05) is 37.3 Å². The van der Waals surface area contributed by atoms with Gasteiger partial charge < -0.3 is 19.7 Å². The molecule has 0 saturated carbocycles. The first kappa shape index (κ1) is 27.0. The summed E-state index contributed by atoms with van der Waals surface area (Å²) in [4.78, 5) is 42.9. The van der Waals surface area contributed by atoms with Crippen LogP contribution in [0.3, 0.4) is 0 Å². The van der Waals surface area contributed by atoms with Crippen LogP contribution >= 0.6 is 0 Å². The minimum atomic E-state index is -1.53. The number of carbonyl (C=O) groups is 3. The molecular weight excluding hydrogens is 438 g/mol. The Morgan fingerprint density at radius 3 is 2.56 bits per heavy atom. The van der Waals surface area contributed by atoms with Gasteiger partial charge >= 0.3 is 12.1 Å². The van der Waals surface area contributed by atoms with Crippen molar-refractivity contribution >= 4 is 18.0 Å². The number of azide groups is 1. The fourth-order valence-electron chi connectivity index (χ4n) is 3.98. The number of likely N-dealkylation sites (tertiary alicyclic amines) is 1. The molecule has 34 heavy (non-hydrogen) atoms. The average Bonchev–Trinajstić information content (AvgIpc) is 3.14. The minimum Gasteiger partial charge on any atom is -0.460 e. The molecule has 1 N–H and O–H groups in total. The van der Waals surface area contributed by atoms with Crippen LogP contribution in [0.5, 0.6) is 0 Å². The number of ether oxygens (including phenoxy) is 2. The van der Waals surface area contributed by atoms with Crippen LogP contribution in [0, 0.1) is 5.92 Å². The fraction of sp³-hybridized carbons (Fsp3) is 0.625. The quantitative estimate of drug-likeness (QED) is 0.246. The Kier molecular flexibility index (Phi) is 9.32. The van der Waals surface area contributed by atoms with Crippen LogP contribution < -0.4 is 5.32 Å². The molecule has 1 heterocycles. The van der Waals surface area contributed by atoms with Gasteiger partial charge in [-0.15, -0.1) is 0 Å². The van der Waals surface area contributed by atoms with Crippen LogP contribution in [0.2, 0.25) is 0 Å². The standard InChI is InChI=1S/C24H35N5O5/c1-6-7-13-19-14-29(20(30)17(2)26-22(32)34-23(3,4)5)16-24(19,27-28-25)21(31)33-15-18-11-9-8-10-12-18/h8-12,17,19H,6-7,13-16H2,1-5H3,(H,26,32)/t17-,19-,24-/m0/s1. The van der Waals surface area contributed by atoms with Crippen LogP contribution in [0.25, 0.3) is 10.4 Å². The molecule has 1 aromatic rings. The Morgan fingerprint density at radius 2 is 1.97 bits per heavy atom. The van der Waals surface area contributed by atoms with Crippen molar-refractivity contribution < 1.29 is 23.9 Å². The molecule has 0 aliphatic carbocycles. The molecule has 10 nitrogen and oxygen atoms in total. The van der Waals surface area contributed by atoms with E-state index >= 15 is 0 Å². The summed E-state index contributed by atoms with van der Waals surface area (Å²) in [6.07, 6.45) is 1.56. The fourth-order valence-corrected chi connectivity index (χ4v) is 3.98. The van der Waals surface area contributed by atoms with E-state index in [0.717, 1.165) is 18.4 Å². The maximum atomic E-state index is 13.3. The molecule has 1 fully saturated rings. The lowest BCUT2D eigenvalue weighted by Gasteiger charge is -2.27. The topological polar surface area (TPSA) is 134 Å². The van der Waals surface area contributed by atoms with Crippen molar-refractivity contribution in [3.8, 4) is 0 Å². The highest BCUT2D eigenvalue weighted by molar-refractivity contribution is 5.88. The van der Waals surface area contributed by atoms with E-state index in [2.05, 4.69) is 15.3 Å². The van der Waals surface area contributed by atoms with Gasteiger partial charge in [0, 0.05) is 23.9 Å². The van der Waals surface area contributed by atoms with Crippen molar-refractivity contribution in [1.29, 1.82) is 0 Å². The van der Waals surface area contributed by atoms with Crippen molar-refractivity contribution in [3.63, 3.8) is 0 Å². The molecule has 0 spiro atoms. The summed E-state index contributed by atoms with van der Waals surface area (Å²) in [5, 5.41) is 6.44. The van der Waals surface area contributed by atoms with Crippen molar-refractivity contribution in [2.75, 3.05) is 13.1 Å². The molecule has 0 unspecified atom stereocenters. The summed E-state index contributed by atoms with van der Waals surface area (Å²) in [5.41, 5.74) is 7.88. The molecule has 1 aliphatic heterocycles. The van der Waals surface area contributed by atoms with E-state index in [1.54, 1.807) is 27.7 Å².